The lowest BCUT2D eigenvalue weighted by molar-refractivity contribution is 0.0976. The molecule has 1 unspecified atom stereocenters. The minimum atomic E-state index is -0.0429. The highest BCUT2D eigenvalue weighted by Crippen LogP contribution is 2.36. The van der Waals surface area contributed by atoms with Gasteiger partial charge >= 0.3 is 0 Å². The molecule has 1 amide bonds. The Morgan fingerprint density at radius 1 is 1.27 bits per heavy atom. The summed E-state index contributed by atoms with van der Waals surface area (Å²) in [6.07, 6.45) is 2.88. The molecule has 1 fully saturated rings. The standard InChI is InChI=1S/C20H23N3O3/c1-14-6-8-22(13-14)19-11-15(5-7-21-19)20(24)23-9-10-26-18-4-3-16(25-2)12-17(18)23/h3-5,7,11-12,14H,6,8-10,13H2,1-2H3. The van der Waals surface area contributed by atoms with Crippen molar-refractivity contribution in [3.05, 3.63) is 42.1 Å². The molecule has 4 rings (SSSR count). The number of ether oxygens (including phenoxy) is 2. The summed E-state index contributed by atoms with van der Waals surface area (Å²) in [7, 11) is 1.61. The number of rotatable bonds is 3. The first-order valence-electron chi connectivity index (χ1n) is 8.99. The molecule has 0 N–H and O–H groups in total. The average molecular weight is 353 g/mol. The van der Waals surface area contributed by atoms with Crippen molar-refractivity contribution in [3.8, 4) is 11.5 Å². The van der Waals surface area contributed by atoms with Crippen LogP contribution < -0.4 is 19.3 Å². The van der Waals surface area contributed by atoms with Gasteiger partial charge in [0.05, 0.1) is 19.3 Å². The molecule has 0 saturated carbocycles. The summed E-state index contributed by atoms with van der Waals surface area (Å²) >= 11 is 0. The predicted octanol–water partition coefficient (Wildman–Crippen LogP) is 2.98. The zero-order valence-corrected chi connectivity index (χ0v) is 15.1. The molecular weight excluding hydrogens is 330 g/mol. The van der Waals surface area contributed by atoms with E-state index in [4.69, 9.17) is 9.47 Å². The van der Waals surface area contributed by atoms with Crippen LogP contribution in [0.2, 0.25) is 0 Å². The van der Waals surface area contributed by atoms with Gasteiger partial charge in [0.15, 0.2) is 0 Å². The maximum Gasteiger partial charge on any atom is 0.258 e. The molecule has 0 bridgehead atoms. The van der Waals surface area contributed by atoms with Gasteiger partial charge in [0.2, 0.25) is 0 Å². The Hall–Kier alpha value is -2.76. The normalized spacial score (nSPS) is 19.1. The second-order valence-electron chi connectivity index (χ2n) is 6.88. The Bertz CT molecular complexity index is 824. The van der Waals surface area contributed by atoms with Crippen molar-refractivity contribution in [2.45, 2.75) is 13.3 Å². The molecule has 26 heavy (non-hydrogen) atoms. The van der Waals surface area contributed by atoms with Gasteiger partial charge in [-0.1, -0.05) is 6.92 Å². The van der Waals surface area contributed by atoms with E-state index in [9.17, 15) is 4.79 Å². The van der Waals surface area contributed by atoms with Crippen LogP contribution in [0.4, 0.5) is 11.5 Å². The highest BCUT2D eigenvalue weighted by molar-refractivity contribution is 6.07. The summed E-state index contributed by atoms with van der Waals surface area (Å²) < 4.78 is 11.0. The number of fused-ring (bicyclic) bond motifs is 1. The van der Waals surface area contributed by atoms with Crippen LogP contribution in [0.3, 0.4) is 0 Å². The van der Waals surface area contributed by atoms with Crippen LogP contribution in [0.1, 0.15) is 23.7 Å². The van der Waals surface area contributed by atoms with E-state index in [0.29, 0.717) is 36.1 Å². The number of benzene rings is 1. The van der Waals surface area contributed by atoms with Crippen molar-refractivity contribution in [3.63, 3.8) is 0 Å². The molecule has 2 aliphatic heterocycles. The number of hydrogen-bond acceptors (Lipinski definition) is 5. The number of methoxy groups -OCH3 is 1. The van der Waals surface area contributed by atoms with E-state index in [2.05, 4.69) is 16.8 Å². The number of anilines is 2. The largest absolute Gasteiger partial charge is 0.497 e. The maximum absolute atomic E-state index is 13.2. The van der Waals surface area contributed by atoms with Crippen LogP contribution in [0.25, 0.3) is 0 Å². The fourth-order valence-electron chi connectivity index (χ4n) is 3.56. The smallest absolute Gasteiger partial charge is 0.258 e. The van der Waals surface area contributed by atoms with Gasteiger partial charge in [-0.2, -0.15) is 0 Å². The van der Waals surface area contributed by atoms with Gasteiger partial charge in [-0.15, -0.1) is 0 Å². The molecule has 0 spiro atoms. The van der Waals surface area contributed by atoms with Gasteiger partial charge in [0, 0.05) is 30.9 Å². The van der Waals surface area contributed by atoms with Crippen molar-refractivity contribution < 1.29 is 14.3 Å². The fraction of sp³-hybridized carbons (Fsp3) is 0.400. The van der Waals surface area contributed by atoms with E-state index in [1.165, 1.54) is 0 Å². The zero-order valence-electron chi connectivity index (χ0n) is 15.1. The molecule has 6 nitrogen and oxygen atoms in total. The summed E-state index contributed by atoms with van der Waals surface area (Å²) in [6, 6.07) is 9.20. The van der Waals surface area contributed by atoms with Crippen molar-refractivity contribution >= 4 is 17.4 Å². The van der Waals surface area contributed by atoms with Crippen LogP contribution in [0.15, 0.2) is 36.5 Å². The third kappa shape index (κ3) is 3.07. The van der Waals surface area contributed by atoms with Crippen LogP contribution in [0, 0.1) is 5.92 Å². The predicted molar refractivity (Wildman–Crippen MR) is 100 cm³/mol. The lowest BCUT2D eigenvalue weighted by Gasteiger charge is -2.30. The number of aromatic nitrogens is 1. The summed E-state index contributed by atoms with van der Waals surface area (Å²) in [4.78, 5) is 21.6. The molecule has 136 valence electrons. The van der Waals surface area contributed by atoms with E-state index >= 15 is 0 Å². The lowest BCUT2D eigenvalue weighted by Crippen LogP contribution is -2.38. The molecule has 1 aromatic carbocycles. The Labute approximate surface area is 153 Å². The molecule has 0 aliphatic carbocycles. The Kier molecular flexibility index (Phi) is 4.41. The first-order valence-corrected chi connectivity index (χ1v) is 8.99. The van der Waals surface area contributed by atoms with Crippen molar-refractivity contribution in [2.24, 2.45) is 5.92 Å². The van der Waals surface area contributed by atoms with Gasteiger partial charge in [-0.25, -0.2) is 4.98 Å². The van der Waals surface area contributed by atoms with Gasteiger partial charge in [-0.3, -0.25) is 4.79 Å². The average Bonchev–Trinajstić information content (AvgIpc) is 3.13. The third-order valence-electron chi connectivity index (χ3n) is 5.01. The second kappa shape index (κ2) is 6.86. The molecule has 6 heteroatoms. The van der Waals surface area contributed by atoms with Gasteiger partial charge in [0.1, 0.15) is 23.9 Å². The molecule has 2 aromatic rings. The van der Waals surface area contributed by atoms with E-state index in [1.54, 1.807) is 24.3 Å². The Morgan fingerprint density at radius 3 is 2.92 bits per heavy atom. The Balaban J connectivity index is 1.63. The first-order chi connectivity index (χ1) is 12.7. The highest BCUT2D eigenvalue weighted by atomic mass is 16.5. The third-order valence-corrected chi connectivity index (χ3v) is 5.01. The minimum absolute atomic E-state index is 0.0429. The summed E-state index contributed by atoms with van der Waals surface area (Å²) in [6.45, 7) is 5.21. The second-order valence-corrected chi connectivity index (χ2v) is 6.88. The van der Waals surface area contributed by atoms with Crippen molar-refractivity contribution in [1.29, 1.82) is 0 Å². The highest BCUT2D eigenvalue weighted by Gasteiger charge is 2.27. The van der Waals surface area contributed by atoms with Crippen molar-refractivity contribution in [2.75, 3.05) is 43.2 Å². The SMILES string of the molecule is COc1ccc2c(c1)N(C(=O)c1ccnc(N3CCC(C)C3)c1)CCO2. The zero-order chi connectivity index (χ0) is 18.1. The monoisotopic (exact) mass is 353 g/mol. The van der Waals surface area contributed by atoms with E-state index in [-0.39, 0.29) is 5.91 Å². The topological polar surface area (TPSA) is 54.9 Å². The minimum Gasteiger partial charge on any atom is -0.497 e. The number of amides is 1. The summed E-state index contributed by atoms with van der Waals surface area (Å²) in [5, 5.41) is 0. The fourth-order valence-corrected chi connectivity index (χ4v) is 3.56. The van der Waals surface area contributed by atoms with Crippen LogP contribution in [-0.2, 0) is 0 Å². The number of pyridine rings is 1. The lowest BCUT2D eigenvalue weighted by atomic mass is 10.1. The van der Waals surface area contributed by atoms with E-state index in [1.807, 2.05) is 24.3 Å². The van der Waals surface area contributed by atoms with Crippen LogP contribution in [0.5, 0.6) is 11.5 Å². The summed E-state index contributed by atoms with van der Waals surface area (Å²) in [5.74, 6) is 2.90. The van der Waals surface area contributed by atoms with Crippen molar-refractivity contribution in [1.82, 2.24) is 4.98 Å². The van der Waals surface area contributed by atoms with Crippen LogP contribution >= 0.6 is 0 Å². The Morgan fingerprint density at radius 2 is 2.15 bits per heavy atom. The number of carbonyl (C=O) groups excluding carboxylic acids is 1. The molecule has 1 atom stereocenters. The molecular formula is C20H23N3O3. The van der Waals surface area contributed by atoms with Gasteiger partial charge in [-0.05, 0) is 36.6 Å². The first kappa shape index (κ1) is 16.7. The molecule has 3 heterocycles. The number of nitrogens with zero attached hydrogens (tertiary/aromatic N) is 3. The number of carbonyl (C=O) groups is 1. The van der Waals surface area contributed by atoms with E-state index < -0.39 is 0 Å². The molecule has 1 saturated heterocycles. The summed E-state index contributed by atoms with van der Waals surface area (Å²) in [5.41, 5.74) is 1.39. The number of hydrogen-bond donors (Lipinski definition) is 0. The molecule has 0 radical (unpaired) electrons. The van der Waals surface area contributed by atoms with E-state index in [0.717, 1.165) is 31.0 Å². The van der Waals surface area contributed by atoms with Gasteiger partial charge < -0.3 is 19.3 Å². The molecule has 2 aliphatic rings. The quantitative estimate of drug-likeness (QED) is 0.849. The van der Waals surface area contributed by atoms with Crippen LogP contribution in [-0.4, -0.2) is 44.2 Å². The molecule has 1 aromatic heterocycles. The van der Waals surface area contributed by atoms with Gasteiger partial charge in [0.25, 0.3) is 5.91 Å². The maximum atomic E-state index is 13.2.